The molecular formula is C15H11FN2O2. The van der Waals surface area contributed by atoms with Gasteiger partial charge in [-0.3, -0.25) is 0 Å². The highest BCUT2D eigenvalue weighted by Crippen LogP contribution is 2.12. The van der Waals surface area contributed by atoms with E-state index in [1.54, 1.807) is 0 Å². The summed E-state index contributed by atoms with van der Waals surface area (Å²) in [5.41, 5.74) is 2.02. The maximum absolute atomic E-state index is 12.8. The number of halogens is 1. The third-order valence-electron chi connectivity index (χ3n) is 2.86. The Kier molecular flexibility index (Phi) is 3.16. The number of para-hydroxylation sites is 2. The van der Waals surface area contributed by atoms with E-state index in [0.717, 1.165) is 11.0 Å². The first kappa shape index (κ1) is 12.3. The average molecular weight is 270 g/mol. The molecular weight excluding hydrogens is 259 g/mol. The zero-order chi connectivity index (χ0) is 13.9. The summed E-state index contributed by atoms with van der Waals surface area (Å²) in [4.78, 5) is 19.1. The van der Waals surface area contributed by atoms with Gasteiger partial charge in [-0.2, -0.15) is 0 Å². The van der Waals surface area contributed by atoms with Crippen LogP contribution in [0.5, 0.6) is 0 Å². The van der Waals surface area contributed by atoms with Crippen LogP contribution in [0.2, 0.25) is 0 Å². The number of hydrogen-bond donors (Lipinski definition) is 1. The molecule has 0 radical (unpaired) electrons. The molecule has 3 rings (SSSR count). The summed E-state index contributed by atoms with van der Waals surface area (Å²) in [6.07, 6.45) is 0. The van der Waals surface area contributed by atoms with Crippen LogP contribution < -0.4 is 0 Å². The number of carbonyl (C=O) groups excluding carboxylic acids is 1. The van der Waals surface area contributed by atoms with Crippen LogP contribution in [0, 0.1) is 5.82 Å². The zero-order valence-corrected chi connectivity index (χ0v) is 10.5. The largest absolute Gasteiger partial charge is 0.454 e. The highest BCUT2D eigenvalue weighted by atomic mass is 19.1. The number of aromatic nitrogens is 2. The highest BCUT2D eigenvalue weighted by Gasteiger charge is 2.09. The molecule has 0 fully saturated rings. The van der Waals surface area contributed by atoms with E-state index in [4.69, 9.17) is 4.74 Å². The first-order valence-electron chi connectivity index (χ1n) is 6.09. The molecule has 0 atom stereocenters. The second kappa shape index (κ2) is 5.13. The molecule has 20 heavy (non-hydrogen) atoms. The van der Waals surface area contributed by atoms with Gasteiger partial charge in [-0.25, -0.2) is 14.2 Å². The molecule has 1 heterocycles. The number of nitrogens with zero attached hydrogens (tertiary/aromatic N) is 1. The van der Waals surface area contributed by atoms with Crippen LogP contribution in [0.15, 0.2) is 48.5 Å². The first-order chi connectivity index (χ1) is 9.72. The molecule has 1 aromatic heterocycles. The van der Waals surface area contributed by atoms with Gasteiger partial charge in [0.15, 0.2) is 0 Å². The quantitative estimate of drug-likeness (QED) is 0.744. The normalized spacial score (nSPS) is 10.7. The molecule has 0 spiro atoms. The Hall–Kier alpha value is -2.69. The summed E-state index contributed by atoms with van der Waals surface area (Å²) in [5.74, 6) is -0.328. The fraction of sp³-hybridized carbons (Fsp3) is 0.0667. The van der Waals surface area contributed by atoms with E-state index in [1.807, 2.05) is 24.3 Å². The molecule has 0 aliphatic heterocycles. The van der Waals surface area contributed by atoms with Crippen LogP contribution in [-0.4, -0.2) is 15.9 Å². The summed E-state index contributed by atoms with van der Waals surface area (Å²) in [5, 5.41) is 0. The zero-order valence-electron chi connectivity index (χ0n) is 10.5. The number of rotatable bonds is 3. The SMILES string of the molecule is O=C(OCc1nc2ccccc2[nH]1)c1ccc(F)cc1. The van der Waals surface area contributed by atoms with Crippen molar-refractivity contribution < 1.29 is 13.9 Å². The maximum Gasteiger partial charge on any atom is 0.338 e. The van der Waals surface area contributed by atoms with Crippen LogP contribution in [0.25, 0.3) is 11.0 Å². The summed E-state index contributed by atoms with van der Waals surface area (Å²) in [7, 11) is 0. The van der Waals surface area contributed by atoms with Gasteiger partial charge >= 0.3 is 5.97 Å². The Morgan fingerprint density at radius 3 is 2.65 bits per heavy atom. The summed E-state index contributed by atoms with van der Waals surface area (Å²) in [6.45, 7) is 0.0465. The van der Waals surface area contributed by atoms with Gasteiger partial charge in [-0.1, -0.05) is 12.1 Å². The predicted molar refractivity (Wildman–Crippen MR) is 71.6 cm³/mol. The minimum absolute atomic E-state index is 0.0465. The van der Waals surface area contributed by atoms with E-state index in [9.17, 15) is 9.18 Å². The lowest BCUT2D eigenvalue weighted by atomic mass is 10.2. The molecule has 0 amide bonds. The number of esters is 1. The van der Waals surface area contributed by atoms with Crippen molar-refractivity contribution in [3.8, 4) is 0 Å². The molecule has 4 nitrogen and oxygen atoms in total. The van der Waals surface area contributed by atoms with Crippen molar-refractivity contribution in [3.63, 3.8) is 0 Å². The van der Waals surface area contributed by atoms with Gasteiger partial charge in [0.1, 0.15) is 18.2 Å². The molecule has 0 aliphatic carbocycles. The minimum Gasteiger partial charge on any atom is -0.454 e. The number of benzene rings is 2. The number of hydrogen-bond acceptors (Lipinski definition) is 3. The van der Waals surface area contributed by atoms with E-state index in [0.29, 0.717) is 11.4 Å². The van der Waals surface area contributed by atoms with Gasteiger partial charge in [-0.05, 0) is 36.4 Å². The van der Waals surface area contributed by atoms with Gasteiger partial charge < -0.3 is 9.72 Å². The van der Waals surface area contributed by atoms with E-state index in [-0.39, 0.29) is 12.4 Å². The van der Waals surface area contributed by atoms with E-state index < -0.39 is 5.97 Å². The van der Waals surface area contributed by atoms with Crippen molar-refractivity contribution in [2.45, 2.75) is 6.61 Å². The average Bonchev–Trinajstić information content (AvgIpc) is 2.88. The monoisotopic (exact) mass is 270 g/mol. The molecule has 2 aromatic carbocycles. The van der Waals surface area contributed by atoms with Crippen molar-refractivity contribution in [2.75, 3.05) is 0 Å². The van der Waals surface area contributed by atoms with Crippen molar-refractivity contribution >= 4 is 17.0 Å². The molecule has 100 valence electrons. The molecule has 1 N–H and O–H groups in total. The number of nitrogens with one attached hydrogen (secondary N) is 1. The third-order valence-corrected chi connectivity index (χ3v) is 2.86. The molecule has 0 saturated heterocycles. The first-order valence-corrected chi connectivity index (χ1v) is 6.09. The lowest BCUT2D eigenvalue weighted by molar-refractivity contribution is 0.0463. The molecule has 0 unspecified atom stereocenters. The molecule has 0 saturated carbocycles. The summed E-state index contributed by atoms with van der Waals surface area (Å²) < 4.78 is 17.9. The second-order valence-corrected chi connectivity index (χ2v) is 4.28. The van der Waals surface area contributed by atoms with Gasteiger partial charge in [0.25, 0.3) is 0 Å². The maximum atomic E-state index is 12.8. The van der Waals surface area contributed by atoms with Crippen molar-refractivity contribution in [1.82, 2.24) is 9.97 Å². The van der Waals surface area contributed by atoms with Crippen molar-refractivity contribution in [1.29, 1.82) is 0 Å². The second-order valence-electron chi connectivity index (χ2n) is 4.28. The van der Waals surface area contributed by atoms with Crippen molar-refractivity contribution in [2.24, 2.45) is 0 Å². The Bertz CT molecular complexity index is 717. The van der Waals surface area contributed by atoms with Gasteiger partial charge in [0.05, 0.1) is 16.6 Å². The van der Waals surface area contributed by atoms with Crippen LogP contribution in [0.4, 0.5) is 4.39 Å². The number of fused-ring (bicyclic) bond motifs is 1. The lowest BCUT2D eigenvalue weighted by Gasteiger charge is -2.02. The number of H-pyrrole nitrogens is 1. The summed E-state index contributed by atoms with van der Waals surface area (Å²) >= 11 is 0. The van der Waals surface area contributed by atoms with Crippen LogP contribution in [0.3, 0.4) is 0 Å². The third kappa shape index (κ3) is 2.51. The van der Waals surface area contributed by atoms with Gasteiger partial charge in [-0.15, -0.1) is 0 Å². The Morgan fingerprint density at radius 1 is 1.15 bits per heavy atom. The van der Waals surface area contributed by atoms with E-state index in [2.05, 4.69) is 9.97 Å². The fourth-order valence-electron chi connectivity index (χ4n) is 1.88. The molecule has 5 heteroatoms. The molecule has 3 aromatic rings. The summed E-state index contributed by atoms with van der Waals surface area (Å²) in [6, 6.07) is 12.8. The Balaban J connectivity index is 1.69. The number of ether oxygens (including phenoxy) is 1. The standard InChI is InChI=1S/C15H11FN2O2/c16-11-7-5-10(6-8-11)15(19)20-9-14-17-12-3-1-2-4-13(12)18-14/h1-8H,9H2,(H,17,18). The van der Waals surface area contributed by atoms with Gasteiger partial charge in [0.2, 0.25) is 0 Å². The van der Waals surface area contributed by atoms with E-state index >= 15 is 0 Å². The lowest BCUT2D eigenvalue weighted by Crippen LogP contribution is -2.06. The van der Waals surface area contributed by atoms with Gasteiger partial charge in [0, 0.05) is 0 Å². The molecule has 0 aliphatic rings. The topological polar surface area (TPSA) is 55.0 Å². The Morgan fingerprint density at radius 2 is 1.90 bits per heavy atom. The van der Waals surface area contributed by atoms with Crippen LogP contribution >= 0.6 is 0 Å². The van der Waals surface area contributed by atoms with Crippen molar-refractivity contribution in [3.05, 3.63) is 65.7 Å². The minimum atomic E-state index is -0.509. The smallest absolute Gasteiger partial charge is 0.338 e. The van der Waals surface area contributed by atoms with Crippen LogP contribution in [0.1, 0.15) is 16.2 Å². The number of carbonyl (C=O) groups is 1. The predicted octanol–water partition coefficient (Wildman–Crippen LogP) is 3.06. The fourth-order valence-corrected chi connectivity index (χ4v) is 1.88. The molecule has 0 bridgehead atoms. The number of imidazole rings is 1. The highest BCUT2D eigenvalue weighted by molar-refractivity contribution is 5.89. The van der Waals surface area contributed by atoms with Crippen LogP contribution in [-0.2, 0) is 11.3 Å². The van der Waals surface area contributed by atoms with E-state index in [1.165, 1.54) is 24.3 Å². The Labute approximate surface area is 114 Å². The number of aromatic amines is 1.